The average molecular weight is 386 g/mol. The Morgan fingerprint density at radius 1 is 1.15 bits per heavy atom. The van der Waals surface area contributed by atoms with Crippen LogP contribution in [0.4, 0.5) is 11.8 Å². The lowest BCUT2D eigenvalue weighted by Gasteiger charge is -2.35. The molecule has 2 aromatic heterocycles. The van der Waals surface area contributed by atoms with Gasteiger partial charge in [0.15, 0.2) is 0 Å². The molecule has 2 aromatic rings. The number of nitrogens with one attached hydrogen (secondary N) is 1. The smallest absolute Gasteiger partial charge is 0.264 e. The minimum Gasteiger partial charge on any atom is -0.353 e. The van der Waals surface area contributed by atoms with E-state index in [2.05, 4.69) is 15.2 Å². The predicted octanol–water partition coefficient (Wildman–Crippen LogP) is 3.55. The van der Waals surface area contributed by atoms with Crippen molar-refractivity contribution in [3.05, 3.63) is 34.2 Å². The lowest BCUT2D eigenvalue weighted by atomic mass is 9.96. The Balaban J connectivity index is 1.39. The Hall–Kier alpha value is -2.15. The first-order valence-corrected chi connectivity index (χ1v) is 10.8. The summed E-state index contributed by atoms with van der Waals surface area (Å²) in [7, 11) is 0. The van der Waals surface area contributed by atoms with Crippen LogP contribution >= 0.6 is 11.3 Å². The molecule has 4 rings (SSSR count). The molecular formula is C20H27N5OS. The molecule has 6 nitrogen and oxygen atoms in total. The molecule has 2 fully saturated rings. The summed E-state index contributed by atoms with van der Waals surface area (Å²) >= 11 is 1.51. The number of anilines is 2. The molecule has 0 unspecified atom stereocenters. The van der Waals surface area contributed by atoms with Crippen LogP contribution in [0, 0.1) is 6.92 Å². The van der Waals surface area contributed by atoms with Gasteiger partial charge in [-0.2, -0.15) is 4.98 Å². The molecule has 2 aliphatic rings. The quantitative estimate of drug-likeness (QED) is 0.872. The topological polar surface area (TPSA) is 61.4 Å². The van der Waals surface area contributed by atoms with Crippen LogP contribution in [0.5, 0.6) is 0 Å². The number of hydrogen-bond acceptors (Lipinski definition) is 6. The number of hydrogen-bond donors (Lipinski definition) is 1. The van der Waals surface area contributed by atoms with Crippen LogP contribution in [0.2, 0.25) is 0 Å². The first-order chi connectivity index (χ1) is 13.2. The van der Waals surface area contributed by atoms with E-state index in [9.17, 15) is 4.79 Å². The number of aromatic nitrogens is 2. The van der Waals surface area contributed by atoms with E-state index in [4.69, 9.17) is 4.98 Å². The highest BCUT2D eigenvalue weighted by atomic mass is 32.1. The van der Waals surface area contributed by atoms with Crippen molar-refractivity contribution in [1.29, 1.82) is 0 Å². The summed E-state index contributed by atoms with van der Waals surface area (Å²) in [6.45, 7) is 5.08. The summed E-state index contributed by atoms with van der Waals surface area (Å²) in [4.78, 5) is 26.9. The lowest BCUT2D eigenvalue weighted by Crippen LogP contribution is -2.49. The summed E-state index contributed by atoms with van der Waals surface area (Å²) in [5.41, 5.74) is 0.982. The van der Waals surface area contributed by atoms with Gasteiger partial charge in [-0.3, -0.25) is 4.79 Å². The Labute approximate surface area is 164 Å². The standard InChI is InChI=1S/C20H27N5OS/c1-15-14-18(23-20(21-15)22-16-6-3-2-4-7-16)24-9-11-25(12-10-24)19(26)17-8-5-13-27-17/h5,8,13-14,16H,2-4,6-7,9-12H2,1H3,(H,21,22,23). The molecule has 1 N–H and O–H groups in total. The third-order valence-corrected chi connectivity index (χ3v) is 6.26. The van der Waals surface area contributed by atoms with Crippen molar-refractivity contribution >= 4 is 29.0 Å². The van der Waals surface area contributed by atoms with E-state index in [1.165, 1.54) is 43.4 Å². The van der Waals surface area contributed by atoms with E-state index in [1.807, 2.05) is 35.4 Å². The van der Waals surface area contributed by atoms with Crippen LogP contribution in [-0.4, -0.2) is 53.0 Å². The van der Waals surface area contributed by atoms with Crippen molar-refractivity contribution in [3.8, 4) is 0 Å². The van der Waals surface area contributed by atoms with Gasteiger partial charge in [-0.1, -0.05) is 25.3 Å². The molecule has 144 valence electrons. The molecule has 1 aliphatic heterocycles. The fraction of sp³-hybridized carbons (Fsp3) is 0.550. The summed E-state index contributed by atoms with van der Waals surface area (Å²) in [6.07, 6.45) is 6.33. The van der Waals surface area contributed by atoms with Crippen molar-refractivity contribution in [2.45, 2.75) is 45.1 Å². The largest absolute Gasteiger partial charge is 0.353 e. The second-order valence-corrected chi connectivity index (χ2v) is 8.37. The normalized spacial score (nSPS) is 18.6. The number of amides is 1. The van der Waals surface area contributed by atoms with Crippen molar-refractivity contribution in [2.24, 2.45) is 0 Å². The van der Waals surface area contributed by atoms with Gasteiger partial charge in [-0.05, 0) is 31.2 Å². The van der Waals surface area contributed by atoms with E-state index in [-0.39, 0.29) is 5.91 Å². The lowest BCUT2D eigenvalue weighted by molar-refractivity contribution is 0.0751. The second kappa shape index (κ2) is 8.25. The Bertz CT molecular complexity index is 765. The Morgan fingerprint density at radius 2 is 1.93 bits per heavy atom. The monoisotopic (exact) mass is 385 g/mol. The molecule has 1 amide bonds. The zero-order valence-corrected chi connectivity index (χ0v) is 16.7. The van der Waals surface area contributed by atoms with Gasteiger partial charge >= 0.3 is 0 Å². The van der Waals surface area contributed by atoms with Crippen molar-refractivity contribution in [3.63, 3.8) is 0 Å². The van der Waals surface area contributed by atoms with Gasteiger partial charge in [0.25, 0.3) is 5.91 Å². The molecule has 1 saturated carbocycles. The molecule has 0 atom stereocenters. The molecule has 0 spiro atoms. The summed E-state index contributed by atoms with van der Waals surface area (Å²) in [5.74, 6) is 1.85. The SMILES string of the molecule is Cc1cc(N2CCN(C(=O)c3cccs3)CC2)nc(NC2CCCCC2)n1. The molecular weight excluding hydrogens is 358 g/mol. The van der Waals surface area contributed by atoms with E-state index in [0.29, 0.717) is 6.04 Å². The molecule has 0 bridgehead atoms. The molecule has 0 radical (unpaired) electrons. The number of piperazine rings is 1. The van der Waals surface area contributed by atoms with Gasteiger partial charge in [-0.25, -0.2) is 4.98 Å². The zero-order chi connectivity index (χ0) is 18.6. The maximum Gasteiger partial charge on any atom is 0.264 e. The number of aryl methyl sites for hydroxylation is 1. The van der Waals surface area contributed by atoms with Gasteiger partial charge in [0.2, 0.25) is 5.95 Å². The minimum absolute atomic E-state index is 0.142. The zero-order valence-electron chi connectivity index (χ0n) is 15.9. The molecule has 27 heavy (non-hydrogen) atoms. The fourth-order valence-corrected chi connectivity index (χ4v) is 4.59. The minimum atomic E-state index is 0.142. The van der Waals surface area contributed by atoms with Crippen molar-refractivity contribution in [2.75, 3.05) is 36.4 Å². The summed E-state index contributed by atoms with van der Waals surface area (Å²) in [5, 5.41) is 5.49. The van der Waals surface area contributed by atoms with Crippen LogP contribution < -0.4 is 10.2 Å². The molecule has 1 aliphatic carbocycles. The molecule has 3 heterocycles. The predicted molar refractivity (Wildman–Crippen MR) is 110 cm³/mol. The van der Waals surface area contributed by atoms with Crippen molar-refractivity contribution in [1.82, 2.24) is 14.9 Å². The summed E-state index contributed by atoms with van der Waals surface area (Å²) < 4.78 is 0. The van der Waals surface area contributed by atoms with Crippen LogP contribution in [0.15, 0.2) is 23.6 Å². The average Bonchev–Trinajstić information content (AvgIpc) is 3.23. The van der Waals surface area contributed by atoms with E-state index < -0.39 is 0 Å². The van der Waals surface area contributed by atoms with E-state index in [1.54, 1.807) is 0 Å². The highest BCUT2D eigenvalue weighted by Crippen LogP contribution is 2.23. The second-order valence-electron chi connectivity index (χ2n) is 7.43. The van der Waals surface area contributed by atoms with Crippen LogP contribution in [-0.2, 0) is 0 Å². The van der Waals surface area contributed by atoms with Crippen molar-refractivity contribution < 1.29 is 4.79 Å². The highest BCUT2D eigenvalue weighted by molar-refractivity contribution is 7.12. The van der Waals surface area contributed by atoms with Crippen LogP contribution in [0.1, 0.15) is 47.5 Å². The summed E-state index contributed by atoms with van der Waals surface area (Å²) in [6, 6.07) is 6.37. The third-order valence-electron chi connectivity index (χ3n) is 5.40. The van der Waals surface area contributed by atoms with E-state index >= 15 is 0 Å². The van der Waals surface area contributed by atoms with E-state index in [0.717, 1.165) is 48.5 Å². The maximum atomic E-state index is 12.5. The van der Waals surface area contributed by atoms with Gasteiger partial charge in [0.05, 0.1) is 4.88 Å². The number of rotatable bonds is 4. The number of carbonyl (C=O) groups is 1. The Morgan fingerprint density at radius 3 is 2.63 bits per heavy atom. The highest BCUT2D eigenvalue weighted by Gasteiger charge is 2.24. The van der Waals surface area contributed by atoms with Gasteiger partial charge in [0.1, 0.15) is 5.82 Å². The number of thiophene rings is 1. The maximum absolute atomic E-state index is 12.5. The molecule has 1 saturated heterocycles. The van der Waals surface area contributed by atoms with Crippen LogP contribution in [0.3, 0.4) is 0 Å². The first-order valence-electron chi connectivity index (χ1n) is 9.89. The van der Waals surface area contributed by atoms with Crippen LogP contribution in [0.25, 0.3) is 0 Å². The van der Waals surface area contributed by atoms with Gasteiger partial charge in [0, 0.05) is 44.0 Å². The molecule has 0 aromatic carbocycles. The number of nitrogens with zero attached hydrogens (tertiary/aromatic N) is 4. The number of carbonyl (C=O) groups excluding carboxylic acids is 1. The fourth-order valence-electron chi connectivity index (χ4n) is 3.90. The third kappa shape index (κ3) is 4.40. The first kappa shape index (κ1) is 18.2. The van der Waals surface area contributed by atoms with Gasteiger partial charge in [-0.15, -0.1) is 11.3 Å². The Kier molecular flexibility index (Phi) is 5.57. The van der Waals surface area contributed by atoms with Gasteiger partial charge < -0.3 is 15.1 Å². The molecule has 7 heteroatoms.